The molecule has 25 heavy (non-hydrogen) atoms. The van der Waals surface area contributed by atoms with Crippen molar-refractivity contribution in [2.24, 2.45) is 5.10 Å². The number of amides is 2. The van der Waals surface area contributed by atoms with Crippen LogP contribution in [0.3, 0.4) is 0 Å². The second kappa shape index (κ2) is 8.99. The van der Waals surface area contributed by atoms with E-state index in [9.17, 15) is 9.59 Å². The molecule has 2 aromatic carbocycles. The molecule has 2 aromatic rings. The minimum Gasteiger partial charge on any atom is -0.326 e. The van der Waals surface area contributed by atoms with Gasteiger partial charge >= 0.3 is 0 Å². The third kappa shape index (κ3) is 5.72. The van der Waals surface area contributed by atoms with Crippen molar-refractivity contribution in [3.8, 4) is 0 Å². The van der Waals surface area contributed by atoms with Crippen LogP contribution < -0.4 is 10.7 Å². The number of hydrogen-bond donors (Lipinski definition) is 2. The summed E-state index contributed by atoms with van der Waals surface area (Å²) < 4.78 is 0. The van der Waals surface area contributed by atoms with Crippen LogP contribution in [0.15, 0.2) is 53.6 Å². The van der Waals surface area contributed by atoms with Crippen LogP contribution in [0, 0.1) is 0 Å². The van der Waals surface area contributed by atoms with E-state index in [1.165, 1.54) is 0 Å². The van der Waals surface area contributed by atoms with Crippen LogP contribution in [0.25, 0.3) is 0 Å². The van der Waals surface area contributed by atoms with Gasteiger partial charge in [0.1, 0.15) is 0 Å². The van der Waals surface area contributed by atoms with Gasteiger partial charge in [-0.2, -0.15) is 5.10 Å². The molecule has 0 aromatic heterocycles. The van der Waals surface area contributed by atoms with Crippen LogP contribution in [0.1, 0.15) is 42.6 Å². The van der Waals surface area contributed by atoms with Gasteiger partial charge in [0.2, 0.25) is 5.91 Å². The normalized spacial score (nSPS) is 11.1. The summed E-state index contributed by atoms with van der Waals surface area (Å²) in [6.07, 6.45) is 1.26. The van der Waals surface area contributed by atoms with Gasteiger partial charge in [-0.25, -0.2) is 5.43 Å². The molecule has 0 unspecified atom stereocenters. The van der Waals surface area contributed by atoms with Gasteiger partial charge in [0.05, 0.1) is 5.71 Å². The lowest BCUT2D eigenvalue weighted by atomic mass is 10.1. The first-order valence-electron chi connectivity index (χ1n) is 8.00. The average Bonchev–Trinajstić information content (AvgIpc) is 2.61. The number of hydrogen-bond acceptors (Lipinski definition) is 3. The molecule has 0 heterocycles. The molecule has 0 radical (unpaired) electrons. The Balaban J connectivity index is 1.97. The van der Waals surface area contributed by atoms with Crippen LogP contribution in [-0.4, -0.2) is 17.5 Å². The molecule has 0 spiro atoms. The van der Waals surface area contributed by atoms with Crippen LogP contribution in [0.2, 0.25) is 5.02 Å². The lowest BCUT2D eigenvalue weighted by Gasteiger charge is -2.06. The van der Waals surface area contributed by atoms with E-state index in [0.717, 1.165) is 12.0 Å². The Bertz CT molecular complexity index is 768. The summed E-state index contributed by atoms with van der Waals surface area (Å²) in [6, 6.07) is 13.9. The van der Waals surface area contributed by atoms with Gasteiger partial charge in [-0.05, 0) is 55.3 Å². The molecular weight excluding hydrogens is 338 g/mol. The molecule has 2 amide bonds. The number of halogens is 1. The van der Waals surface area contributed by atoms with Gasteiger partial charge in [0.15, 0.2) is 0 Å². The summed E-state index contributed by atoms with van der Waals surface area (Å²) >= 11 is 5.85. The van der Waals surface area contributed by atoms with Crippen LogP contribution >= 0.6 is 11.6 Å². The number of nitrogens with zero attached hydrogens (tertiary/aromatic N) is 1. The third-order valence-corrected chi connectivity index (χ3v) is 3.75. The molecule has 0 aliphatic heterocycles. The predicted octanol–water partition coefficient (Wildman–Crippen LogP) is 4.23. The maximum absolute atomic E-state index is 12.1. The fourth-order valence-corrected chi connectivity index (χ4v) is 2.24. The summed E-state index contributed by atoms with van der Waals surface area (Å²) in [5.41, 5.74) is 5.19. The van der Waals surface area contributed by atoms with Crippen molar-refractivity contribution >= 4 is 34.8 Å². The maximum Gasteiger partial charge on any atom is 0.271 e. The fraction of sp³-hybridized carbons (Fsp3) is 0.211. The smallest absolute Gasteiger partial charge is 0.271 e. The van der Waals surface area contributed by atoms with E-state index in [2.05, 4.69) is 15.8 Å². The minimum absolute atomic E-state index is 0.0390. The highest BCUT2D eigenvalue weighted by Gasteiger charge is 2.06. The van der Waals surface area contributed by atoms with Crippen molar-refractivity contribution in [3.05, 3.63) is 64.7 Å². The number of hydrazone groups is 1. The molecule has 2 rings (SSSR count). The first kappa shape index (κ1) is 18.7. The zero-order valence-corrected chi connectivity index (χ0v) is 14.9. The summed E-state index contributed by atoms with van der Waals surface area (Å²) in [7, 11) is 0. The molecule has 6 heteroatoms. The number of nitrogens with one attached hydrogen (secondary N) is 2. The predicted molar refractivity (Wildman–Crippen MR) is 101 cm³/mol. The van der Waals surface area contributed by atoms with Crippen LogP contribution in [0.5, 0.6) is 0 Å². The lowest BCUT2D eigenvalue weighted by Crippen LogP contribution is -2.19. The van der Waals surface area contributed by atoms with Gasteiger partial charge in [0.25, 0.3) is 5.91 Å². The topological polar surface area (TPSA) is 70.6 Å². The molecule has 2 N–H and O–H groups in total. The minimum atomic E-state index is -0.320. The first-order valence-corrected chi connectivity index (χ1v) is 8.38. The molecule has 0 fully saturated rings. The molecule has 0 bridgehead atoms. The molecule has 0 saturated carbocycles. The van der Waals surface area contributed by atoms with Crippen molar-refractivity contribution in [2.75, 3.05) is 5.32 Å². The van der Waals surface area contributed by atoms with Crippen molar-refractivity contribution in [1.82, 2.24) is 5.43 Å². The molecule has 130 valence electrons. The number of carbonyl (C=O) groups excluding carboxylic acids is 2. The number of carbonyl (C=O) groups is 2. The highest BCUT2D eigenvalue weighted by Crippen LogP contribution is 2.11. The summed E-state index contributed by atoms with van der Waals surface area (Å²) in [6.45, 7) is 3.75. The first-order chi connectivity index (χ1) is 12.0. The van der Waals surface area contributed by atoms with Gasteiger partial charge < -0.3 is 5.32 Å². The van der Waals surface area contributed by atoms with Gasteiger partial charge in [-0.1, -0.05) is 30.7 Å². The Morgan fingerprint density at radius 2 is 1.60 bits per heavy atom. The van der Waals surface area contributed by atoms with Crippen LogP contribution in [-0.2, 0) is 4.79 Å². The van der Waals surface area contributed by atoms with E-state index < -0.39 is 0 Å². The summed E-state index contributed by atoms with van der Waals surface area (Å²) in [5.74, 6) is -0.359. The molecule has 0 atom stereocenters. The molecular formula is C19H20ClN3O2. The Hall–Kier alpha value is -2.66. The Labute approximate surface area is 152 Å². The Morgan fingerprint density at radius 3 is 2.20 bits per heavy atom. The van der Waals surface area contributed by atoms with Gasteiger partial charge in [-0.15, -0.1) is 0 Å². The van der Waals surface area contributed by atoms with E-state index in [4.69, 9.17) is 11.6 Å². The Morgan fingerprint density at radius 1 is 1.00 bits per heavy atom. The third-order valence-electron chi connectivity index (χ3n) is 3.50. The van der Waals surface area contributed by atoms with Crippen LogP contribution in [0.4, 0.5) is 5.69 Å². The van der Waals surface area contributed by atoms with E-state index >= 15 is 0 Å². The lowest BCUT2D eigenvalue weighted by molar-refractivity contribution is -0.116. The standard InChI is InChI=1S/C19H20ClN3O2/c1-3-4-18(24)21-17-11-7-15(8-12-17)19(25)23-22-13(2)14-5-9-16(20)10-6-14/h5-12H,3-4H2,1-2H3,(H,21,24)(H,23,25). The largest absolute Gasteiger partial charge is 0.326 e. The molecule has 0 aliphatic rings. The summed E-state index contributed by atoms with van der Waals surface area (Å²) in [5, 5.41) is 7.52. The fourth-order valence-electron chi connectivity index (χ4n) is 2.11. The maximum atomic E-state index is 12.1. The van der Waals surface area contributed by atoms with Gasteiger partial charge in [-0.3, -0.25) is 9.59 Å². The van der Waals surface area contributed by atoms with Crippen molar-refractivity contribution in [1.29, 1.82) is 0 Å². The van der Waals surface area contributed by atoms with Crippen molar-refractivity contribution < 1.29 is 9.59 Å². The second-order valence-electron chi connectivity index (χ2n) is 5.52. The second-order valence-corrected chi connectivity index (χ2v) is 5.96. The number of anilines is 1. The zero-order chi connectivity index (χ0) is 18.2. The monoisotopic (exact) mass is 357 g/mol. The zero-order valence-electron chi connectivity index (χ0n) is 14.2. The summed E-state index contributed by atoms with van der Waals surface area (Å²) in [4.78, 5) is 23.7. The Kier molecular flexibility index (Phi) is 6.71. The van der Waals surface area contributed by atoms with E-state index in [0.29, 0.717) is 28.4 Å². The van der Waals surface area contributed by atoms with Gasteiger partial charge in [0, 0.05) is 22.7 Å². The van der Waals surface area contributed by atoms with E-state index in [1.54, 1.807) is 43.3 Å². The molecule has 5 nitrogen and oxygen atoms in total. The number of benzene rings is 2. The van der Waals surface area contributed by atoms with Crippen molar-refractivity contribution in [2.45, 2.75) is 26.7 Å². The SMILES string of the molecule is CCCC(=O)Nc1ccc(C(=O)NN=C(C)c2ccc(Cl)cc2)cc1. The highest BCUT2D eigenvalue weighted by atomic mass is 35.5. The average molecular weight is 358 g/mol. The van der Waals surface area contributed by atoms with Crippen molar-refractivity contribution in [3.63, 3.8) is 0 Å². The quantitative estimate of drug-likeness (QED) is 0.599. The number of rotatable bonds is 6. The van der Waals surface area contributed by atoms with E-state index in [-0.39, 0.29) is 11.8 Å². The molecule has 0 aliphatic carbocycles. The van der Waals surface area contributed by atoms with E-state index in [1.807, 2.05) is 19.1 Å². The highest BCUT2D eigenvalue weighted by molar-refractivity contribution is 6.30. The molecule has 0 saturated heterocycles.